The molecule has 0 aliphatic heterocycles. The minimum atomic E-state index is -4.01. The Kier molecular flexibility index (Phi) is 8.34. The van der Waals surface area contributed by atoms with Gasteiger partial charge < -0.3 is 15.7 Å². The van der Waals surface area contributed by atoms with Crippen LogP contribution in [0.15, 0.2) is 71.6 Å². The standard InChI is InChI=1S/C23H19Cl2N3O6S/c24-15-3-8-18(9-4-15)35(33,34)28-20-10-5-16(25)13-19(20)23(32)27-17-6-1-14(2-7-17)22(31)26-12-11-21(29)30/h1-10,13,28H,11-12H2,(H,26,31)(H,27,32)(H,29,30). The van der Waals surface area contributed by atoms with Gasteiger partial charge in [-0.2, -0.15) is 0 Å². The number of carboxylic acids is 1. The van der Waals surface area contributed by atoms with E-state index in [1.165, 1.54) is 66.7 Å². The SMILES string of the molecule is O=C(O)CCNC(=O)c1ccc(NC(=O)c2cc(Cl)ccc2NS(=O)(=O)c2ccc(Cl)cc2)cc1. The van der Waals surface area contributed by atoms with E-state index >= 15 is 0 Å². The van der Waals surface area contributed by atoms with Crippen molar-refractivity contribution in [2.45, 2.75) is 11.3 Å². The summed E-state index contributed by atoms with van der Waals surface area (Å²) < 4.78 is 27.9. The topological polar surface area (TPSA) is 142 Å². The fourth-order valence-electron chi connectivity index (χ4n) is 2.90. The van der Waals surface area contributed by atoms with Crippen molar-refractivity contribution in [2.75, 3.05) is 16.6 Å². The van der Waals surface area contributed by atoms with Crippen LogP contribution in [0.5, 0.6) is 0 Å². The molecule has 3 rings (SSSR count). The van der Waals surface area contributed by atoms with E-state index in [1.807, 2.05) is 0 Å². The molecule has 0 bridgehead atoms. The van der Waals surface area contributed by atoms with Crippen molar-refractivity contribution in [3.8, 4) is 0 Å². The molecular formula is C23H19Cl2N3O6S. The van der Waals surface area contributed by atoms with Crippen LogP contribution in [0.4, 0.5) is 11.4 Å². The van der Waals surface area contributed by atoms with Gasteiger partial charge in [0.25, 0.3) is 21.8 Å². The van der Waals surface area contributed by atoms with E-state index < -0.39 is 27.8 Å². The lowest BCUT2D eigenvalue weighted by Crippen LogP contribution is -2.26. The van der Waals surface area contributed by atoms with Crippen LogP contribution in [-0.2, 0) is 14.8 Å². The molecule has 0 aromatic heterocycles. The highest BCUT2D eigenvalue weighted by Gasteiger charge is 2.20. The third-order valence-electron chi connectivity index (χ3n) is 4.62. The van der Waals surface area contributed by atoms with Crippen LogP contribution in [0.3, 0.4) is 0 Å². The zero-order chi connectivity index (χ0) is 25.6. The molecule has 0 saturated heterocycles. The quantitative estimate of drug-likeness (QED) is 0.322. The highest BCUT2D eigenvalue weighted by molar-refractivity contribution is 7.92. The maximum atomic E-state index is 12.9. The van der Waals surface area contributed by atoms with Crippen LogP contribution in [-0.4, -0.2) is 37.9 Å². The van der Waals surface area contributed by atoms with Crippen LogP contribution < -0.4 is 15.4 Å². The molecule has 9 nitrogen and oxygen atoms in total. The summed E-state index contributed by atoms with van der Waals surface area (Å²) in [5, 5.41) is 14.3. The summed E-state index contributed by atoms with van der Waals surface area (Å²) in [6.07, 6.45) is -0.205. The van der Waals surface area contributed by atoms with E-state index in [9.17, 15) is 22.8 Å². The molecule has 0 radical (unpaired) electrons. The second-order valence-electron chi connectivity index (χ2n) is 7.18. The van der Waals surface area contributed by atoms with Gasteiger partial charge >= 0.3 is 5.97 Å². The molecule has 12 heteroatoms. The number of carbonyl (C=O) groups is 3. The third kappa shape index (κ3) is 7.19. The largest absolute Gasteiger partial charge is 0.481 e. The minimum absolute atomic E-state index is 0.0104. The van der Waals surface area contributed by atoms with Crippen molar-refractivity contribution in [3.63, 3.8) is 0 Å². The summed E-state index contributed by atoms with van der Waals surface area (Å²) in [5.74, 6) is -2.13. The van der Waals surface area contributed by atoms with Gasteiger partial charge in [-0.1, -0.05) is 23.2 Å². The van der Waals surface area contributed by atoms with E-state index in [0.717, 1.165) is 0 Å². The van der Waals surface area contributed by atoms with Gasteiger partial charge in [0, 0.05) is 27.8 Å². The highest BCUT2D eigenvalue weighted by Crippen LogP contribution is 2.25. The van der Waals surface area contributed by atoms with Crippen LogP contribution in [0.25, 0.3) is 0 Å². The number of sulfonamides is 1. The van der Waals surface area contributed by atoms with E-state index in [1.54, 1.807) is 0 Å². The third-order valence-corrected chi connectivity index (χ3v) is 6.49. The lowest BCUT2D eigenvalue weighted by atomic mass is 10.1. The second kappa shape index (κ2) is 11.2. The van der Waals surface area contributed by atoms with Gasteiger partial charge in [0.1, 0.15) is 0 Å². The van der Waals surface area contributed by atoms with E-state index in [2.05, 4.69) is 15.4 Å². The summed E-state index contributed by atoms with van der Waals surface area (Å²) in [6, 6.07) is 15.5. The first kappa shape index (κ1) is 26.0. The number of nitrogens with one attached hydrogen (secondary N) is 3. The first-order valence-corrected chi connectivity index (χ1v) is 12.3. The Morgan fingerprint density at radius 3 is 2.09 bits per heavy atom. The van der Waals surface area contributed by atoms with Crippen molar-refractivity contribution in [1.29, 1.82) is 0 Å². The van der Waals surface area contributed by atoms with Crippen molar-refractivity contribution in [1.82, 2.24) is 5.32 Å². The first-order chi connectivity index (χ1) is 16.5. The van der Waals surface area contributed by atoms with Crippen LogP contribution >= 0.6 is 23.2 Å². The molecule has 0 saturated carbocycles. The summed E-state index contributed by atoms with van der Waals surface area (Å²) in [7, 11) is -4.01. The maximum absolute atomic E-state index is 12.9. The van der Waals surface area contributed by atoms with Crippen molar-refractivity contribution < 1.29 is 27.9 Å². The summed E-state index contributed by atoms with van der Waals surface area (Å²) in [5.41, 5.74) is 0.595. The molecular weight excluding hydrogens is 517 g/mol. The predicted octanol–water partition coefficient (Wildman–Crippen LogP) is 4.25. The molecule has 0 atom stereocenters. The Labute approximate surface area is 211 Å². The van der Waals surface area contributed by atoms with E-state index in [0.29, 0.717) is 10.7 Å². The Balaban J connectivity index is 1.75. The number of carbonyl (C=O) groups excluding carboxylic acids is 2. The average Bonchev–Trinajstić information content (AvgIpc) is 2.80. The van der Waals surface area contributed by atoms with Crippen LogP contribution in [0.2, 0.25) is 10.0 Å². The highest BCUT2D eigenvalue weighted by atomic mass is 35.5. The Morgan fingerprint density at radius 2 is 1.46 bits per heavy atom. The Hall–Kier alpha value is -3.60. The molecule has 182 valence electrons. The van der Waals surface area contributed by atoms with Gasteiger partial charge in [-0.05, 0) is 66.7 Å². The van der Waals surface area contributed by atoms with Gasteiger partial charge in [-0.15, -0.1) is 0 Å². The zero-order valence-corrected chi connectivity index (χ0v) is 20.2. The number of hydrogen-bond acceptors (Lipinski definition) is 5. The normalized spacial score (nSPS) is 10.9. The van der Waals surface area contributed by atoms with Crippen molar-refractivity contribution >= 4 is 62.4 Å². The number of anilines is 2. The number of aliphatic carboxylic acids is 1. The van der Waals surface area contributed by atoms with Gasteiger partial charge in [0.15, 0.2) is 0 Å². The predicted molar refractivity (Wildman–Crippen MR) is 133 cm³/mol. The molecule has 3 aromatic carbocycles. The molecule has 0 fully saturated rings. The lowest BCUT2D eigenvalue weighted by molar-refractivity contribution is -0.136. The number of halogens is 2. The molecule has 0 aliphatic rings. The summed E-state index contributed by atoms with van der Waals surface area (Å²) >= 11 is 11.9. The fourth-order valence-corrected chi connectivity index (χ4v) is 4.28. The number of benzene rings is 3. The second-order valence-corrected chi connectivity index (χ2v) is 9.74. The number of carboxylic acid groups (broad SMARTS) is 1. The van der Waals surface area contributed by atoms with Gasteiger partial charge in [-0.3, -0.25) is 19.1 Å². The van der Waals surface area contributed by atoms with Gasteiger partial charge in [-0.25, -0.2) is 8.42 Å². The Morgan fingerprint density at radius 1 is 0.829 bits per heavy atom. The number of hydrogen-bond donors (Lipinski definition) is 4. The first-order valence-electron chi connectivity index (χ1n) is 10.0. The fraction of sp³-hybridized carbons (Fsp3) is 0.0870. The monoisotopic (exact) mass is 535 g/mol. The maximum Gasteiger partial charge on any atom is 0.305 e. The minimum Gasteiger partial charge on any atom is -0.481 e. The number of amides is 2. The smallest absolute Gasteiger partial charge is 0.305 e. The molecule has 3 aromatic rings. The zero-order valence-electron chi connectivity index (χ0n) is 17.9. The molecule has 0 spiro atoms. The summed E-state index contributed by atoms with van der Waals surface area (Å²) in [6.45, 7) is -0.0177. The van der Waals surface area contributed by atoms with E-state index in [4.69, 9.17) is 28.3 Å². The Bertz CT molecular complexity index is 1360. The molecule has 0 aliphatic carbocycles. The number of rotatable bonds is 9. The molecule has 0 unspecified atom stereocenters. The molecule has 4 N–H and O–H groups in total. The summed E-state index contributed by atoms with van der Waals surface area (Å²) in [4.78, 5) is 35.5. The van der Waals surface area contributed by atoms with Gasteiger partial charge in [0.2, 0.25) is 0 Å². The van der Waals surface area contributed by atoms with Crippen molar-refractivity contribution in [3.05, 3.63) is 87.9 Å². The van der Waals surface area contributed by atoms with Crippen LogP contribution in [0, 0.1) is 0 Å². The lowest BCUT2D eigenvalue weighted by Gasteiger charge is -2.14. The molecule has 35 heavy (non-hydrogen) atoms. The van der Waals surface area contributed by atoms with Gasteiger partial charge in [0.05, 0.1) is 22.6 Å². The molecule has 2 amide bonds. The average molecular weight is 536 g/mol. The van der Waals surface area contributed by atoms with Crippen molar-refractivity contribution in [2.24, 2.45) is 0 Å². The molecule has 0 heterocycles. The van der Waals surface area contributed by atoms with E-state index in [-0.39, 0.29) is 39.7 Å². The van der Waals surface area contributed by atoms with Crippen LogP contribution in [0.1, 0.15) is 27.1 Å².